The maximum absolute atomic E-state index is 12.8. The number of nitrogens with zero attached hydrogens (tertiary/aromatic N) is 1. The van der Waals surface area contributed by atoms with Gasteiger partial charge in [-0.05, 0) is 51.6 Å². The van der Waals surface area contributed by atoms with Crippen molar-refractivity contribution in [2.45, 2.75) is 42.6 Å². The molecule has 0 radical (unpaired) electrons. The fourth-order valence-corrected chi connectivity index (χ4v) is 5.47. The summed E-state index contributed by atoms with van der Waals surface area (Å²) in [4.78, 5) is 0.201. The van der Waals surface area contributed by atoms with Gasteiger partial charge in [0.15, 0.2) is 0 Å². The van der Waals surface area contributed by atoms with Gasteiger partial charge >= 0.3 is 0 Å². The first kappa shape index (κ1) is 18.3. The number of nitrogens with one attached hydrogen (secondary N) is 2. The van der Waals surface area contributed by atoms with Gasteiger partial charge in [-0.25, -0.2) is 21.6 Å². The van der Waals surface area contributed by atoms with Crippen molar-refractivity contribution in [1.29, 1.82) is 0 Å². The van der Waals surface area contributed by atoms with E-state index in [2.05, 4.69) is 10.0 Å². The molecule has 0 spiro atoms. The summed E-state index contributed by atoms with van der Waals surface area (Å²) >= 11 is 0. The van der Waals surface area contributed by atoms with Crippen LogP contribution in [0.1, 0.15) is 19.4 Å². The minimum absolute atomic E-state index is 0.0681. The van der Waals surface area contributed by atoms with E-state index in [1.807, 2.05) is 13.8 Å². The molecule has 1 aliphatic heterocycles. The summed E-state index contributed by atoms with van der Waals surface area (Å²) < 4.78 is 53.1. The van der Waals surface area contributed by atoms with Gasteiger partial charge in [0.25, 0.3) is 0 Å². The van der Waals surface area contributed by atoms with E-state index in [-0.39, 0.29) is 21.9 Å². The van der Waals surface area contributed by atoms with Crippen molar-refractivity contribution in [2.24, 2.45) is 0 Å². The van der Waals surface area contributed by atoms with Crippen molar-refractivity contribution in [2.75, 3.05) is 20.1 Å². The lowest BCUT2D eigenvalue weighted by molar-refractivity contribution is 0.263. The largest absolute Gasteiger partial charge is 0.309 e. The second-order valence-electron chi connectivity index (χ2n) is 5.93. The highest BCUT2D eigenvalue weighted by atomic mass is 32.2. The maximum Gasteiger partial charge on any atom is 0.243 e. The fourth-order valence-electron chi connectivity index (χ4n) is 2.82. The zero-order valence-corrected chi connectivity index (χ0v) is 15.3. The van der Waals surface area contributed by atoms with E-state index in [0.717, 1.165) is 0 Å². The molecule has 1 aromatic carbocycles. The summed E-state index contributed by atoms with van der Waals surface area (Å²) in [6.07, 6.45) is 0. The standard InChI is InChI=1S/C14H23N3O4S2/c1-10-7-13(5-6-14(10)22(18,19)15-4)23(20,21)17-8-11(2)16-12(3)9-17/h5-7,11-12,15-16H,8-9H2,1-4H3. The topological polar surface area (TPSA) is 95.6 Å². The molecule has 0 saturated carbocycles. The van der Waals surface area contributed by atoms with E-state index in [1.54, 1.807) is 6.92 Å². The number of hydrogen-bond acceptors (Lipinski definition) is 5. The summed E-state index contributed by atoms with van der Waals surface area (Å²) in [5.41, 5.74) is 0.400. The number of rotatable bonds is 4. The zero-order valence-electron chi connectivity index (χ0n) is 13.7. The van der Waals surface area contributed by atoms with Crippen molar-refractivity contribution in [3.63, 3.8) is 0 Å². The van der Waals surface area contributed by atoms with Crippen LogP contribution in [0.3, 0.4) is 0 Å². The third-order valence-electron chi connectivity index (χ3n) is 3.87. The van der Waals surface area contributed by atoms with Gasteiger partial charge in [-0.2, -0.15) is 4.31 Å². The molecule has 0 aliphatic carbocycles. The Hall–Kier alpha value is -1.00. The van der Waals surface area contributed by atoms with Gasteiger partial charge in [0.2, 0.25) is 20.0 Å². The van der Waals surface area contributed by atoms with Crippen LogP contribution in [0.5, 0.6) is 0 Å². The molecule has 0 aromatic heterocycles. The second-order valence-corrected chi connectivity index (χ2v) is 9.72. The van der Waals surface area contributed by atoms with Gasteiger partial charge in [0.05, 0.1) is 9.79 Å². The predicted molar refractivity (Wildman–Crippen MR) is 88.2 cm³/mol. The summed E-state index contributed by atoms with van der Waals surface area (Å²) in [6.45, 7) is 6.24. The van der Waals surface area contributed by atoms with Crippen molar-refractivity contribution >= 4 is 20.0 Å². The van der Waals surface area contributed by atoms with Crippen LogP contribution in [0.15, 0.2) is 28.0 Å². The molecule has 2 N–H and O–H groups in total. The second kappa shape index (κ2) is 6.48. The Morgan fingerprint density at radius 1 is 1.13 bits per heavy atom. The lowest BCUT2D eigenvalue weighted by Gasteiger charge is -2.35. The molecule has 1 heterocycles. The van der Waals surface area contributed by atoms with Crippen molar-refractivity contribution < 1.29 is 16.8 Å². The smallest absolute Gasteiger partial charge is 0.243 e. The van der Waals surface area contributed by atoms with E-state index in [1.165, 1.54) is 29.6 Å². The molecule has 7 nitrogen and oxygen atoms in total. The Bertz CT molecular complexity index is 780. The van der Waals surface area contributed by atoms with Crippen LogP contribution >= 0.6 is 0 Å². The average Bonchev–Trinajstić information content (AvgIpc) is 2.45. The zero-order chi connectivity index (χ0) is 17.4. The Morgan fingerprint density at radius 3 is 2.17 bits per heavy atom. The summed E-state index contributed by atoms with van der Waals surface area (Å²) in [6, 6.07) is 4.24. The number of sulfonamides is 2. The quantitative estimate of drug-likeness (QED) is 0.803. The molecule has 130 valence electrons. The minimum Gasteiger partial charge on any atom is -0.309 e. The molecule has 1 fully saturated rings. The van der Waals surface area contributed by atoms with Crippen LogP contribution in [-0.2, 0) is 20.0 Å². The van der Waals surface area contributed by atoms with Crippen molar-refractivity contribution in [3.8, 4) is 0 Å². The SMILES string of the molecule is CNS(=O)(=O)c1ccc(S(=O)(=O)N2CC(C)NC(C)C2)cc1C. The predicted octanol–water partition coefficient (Wildman–Crippen LogP) is 0.274. The first-order chi connectivity index (χ1) is 10.6. The van der Waals surface area contributed by atoms with Crippen LogP contribution in [0.25, 0.3) is 0 Å². The molecule has 1 saturated heterocycles. The van der Waals surface area contributed by atoms with Gasteiger partial charge in [0.1, 0.15) is 0 Å². The molecule has 1 aromatic rings. The Kier molecular flexibility index (Phi) is 5.17. The van der Waals surface area contributed by atoms with E-state index in [4.69, 9.17) is 0 Å². The van der Waals surface area contributed by atoms with E-state index >= 15 is 0 Å². The van der Waals surface area contributed by atoms with Crippen LogP contribution < -0.4 is 10.0 Å². The molecule has 0 amide bonds. The van der Waals surface area contributed by atoms with Crippen LogP contribution in [0.4, 0.5) is 0 Å². The molecule has 2 unspecified atom stereocenters. The summed E-state index contributed by atoms with van der Waals surface area (Å²) in [5, 5.41) is 3.29. The molecule has 23 heavy (non-hydrogen) atoms. The van der Waals surface area contributed by atoms with Crippen LogP contribution in [0.2, 0.25) is 0 Å². The Labute approximate surface area is 138 Å². The van der Waals surface area contributed by atoms with Gasteiger partial charge < -0.3 is 5.32 Å². The fraction of sp³-hybridized carbons (Fsp3) is 0.571. The molecule has 1 aliphatic rings. The maximum atomic E-state index is 12.8. The van der Waals surface area contributed by atoms with E-state index in [9.17, 15) is 16.8 Å². The highest BCUT2D eigenvalue weighted by Crippen LogP contribution is 2.23. The molecular weight excluding hydrogens is 338 g/mol. The number of hydrogen-bond donors (Lipinski definition) is 2. The lowest BCUT2D eigenvalue weighted by Crippen LogP contribution is -2.55. The third-order valence-corrected chi connectivity index (χ3v) is 7.27. The monoisotopic (exact) mass is 361 g/mol. The molecule has 2 atom stereocenters. The number of piperazine rings is 1. The van der Waals surface area contributed by atoms with Crippen molar-refractivity contribution in [3.05, 3.63) is 23.8 Å². The molecule has 0 bridgehead atoms. The average molecular weight is 361 g/mol. The van der Waals surface area contributed by atoms with Gasteiger partial charge in [-0.15, -0.1) is 0 Å². The van der Waals surface area contributed by atoms with E-state index in [0.29, 0.717) is 18.7 Å². The van der Waals surface area contributed by atoms with Crippen molar-refractivity contribution in [1.82, 2.24) is 14.3 Å². The van der Waals surface area contributed by atoms with Crippen LogP contribution in [-0.4, -0.2) is 53.4 Å². The molecular formula is C14H23N3O4S2. The van der Waals surface area contributed by atoms with Gasteiger partial charge in [-0.3, -0.25) is 0 Å². The minimum atomic E-state index is -3.64. The number of benzene rings is 1. The van der Waals surface area contributed by atoms with Gasteiger partial charge in [-0.1, -0.05) is 0 Å². The Balaban J connectivity index is 2.40. The highest BCUT2D eigenvalue weighted by molar-refractivity contribution is 7.89. The Morgan fingerprint density at radius 2 is 1.70 bits per heavy atom. The van der Waals surface area contributed by atoms with E-state index < -0.39 is 20.0 Å². The van der Waals surface area contributed by atoms with Gasteiger partial charge in [0, 0.05) is 25.2 Å². The number of aryl methyl sites for hydroxylation is 1. The lowest BCUT2D eigenvalue weighted by atomic mass is 10.2. The molecule has 2 rings (SSSR count). The summed E-state index contributed by atoms with van der Waals surface area (Å²) in [7, 11) is -5.92. The van der Waals surface area contributed by atoms with Crippen LogP contribution in [0, 0.1) is 6.92 Å². The first-order valence-corrected chi connectivity index (χ1v) is 10.3. The molecule has 9 heteroatoms. The summed E-state index contributed by atoms with van der Waals surface area (Å²) in [5.74, 6) is 0. The first-order valence-electron chi connectivity index (χ1n) is 7.38. The third kappa shape index (κ3) is 3.74. The normalized spacial score (nSPS) is 23.8. The highest BCUT2D eigenvalue weighted by Gasteiger charge is 2.31.